The van der Waals surface area contributed by atoms with Crippen molar-refractivity contribution in [2.75, 3.05) is 6.61 Å². The molecule has 3 aromatic carbocycles. The molecule has 42 heavy (non-hydrogen) atoms. The predicted octanol–water partition coefficient (Wildman–Crippen LogP) is 5.89. The SMILES string of the molecule is N#Cc1ccc(OCc2cccc(Oc3ccc(Cc4nc5ccc(C(=O)O)cc5n4C[C@@H]4CCO4)cc3)n2)c(F)c1. The predicted molar refractivity (Wildman–Crippen MR) is 150 cm³/mol. The van der Waals surface area contributed by atoms with Gasteiger partial charge in [0.05, 0.1) is 46.6 Å². The number of nitrogens with zero attached hydrogens (tertiary/aromatic N) is 4. The molecule has 0 spiro atoms. The molecule has 0 aliphatic carbocycles. The van der Waals surface area contributed by atoms with Crippen molar-refractivity contribution in [2.45, 2.75) is 32.1 Å². The summed E-state index contributed by atoms with van der Waals surface area (Å²) in [7, 11) is 0. The number of fused-ring (bicyclic) bond motifs is 1. The molecule has 1 atom stereocenters. The van der Waals surface area contributed by atoms with Crippen molar-refractivity contribution in [1.82, 2.24) is 14.5 Å². The second-order valence-electron chi connectivity index (χ2n) is 9.86. The maximum Gasteiger partial charge on any atom is 0.335 e. The number of rotatable bonds is 10. The number of hydrogen-bond acceptors (Lipinski definition) is 7. The first-order valence-corrected chi connectivity index (χ1v) is 13.3. The first-order chi connectivity index (χ1) is 20.4. The van der Waals surface area contributed by atoms with Gasteiger partial charge in [-0.05, 0) is 66.6 Å². The summed E-state index contributed by atoms with van der Waals surface area (Å²) >= 11 is 0. The van der Waals surface area contributed by atoms with E-state index >= 15 is 0 Å². The maximum atomic E-state index is 14.1. The number of ether oxygens (including phenoxy) is 3. The molecule has 1 aliphatic heterocycles. The Morgan fingerprint density at radius 2 is 1.93 bits per heavy atom. The largest absolute Gasteiger partial charge is 0.484 e. The number of aromatic carboxylic acids is 1. The summed E-state index contributed by atoms with van der Waals surface area (Å²) in [5.74, 6) is 0.220. The molecule has 1 aliphatic rings. The molecule has 5 aromatic rings. The minimum Gasteiger partial charge on any atom is -0.484 e. The Morgan fingerprint density at radius 3 is 2.64 bits per heavy atom. The number of halogens is 1. The Labute approximate surface area is 240 Å². The van der Waals surface area contributed by atoms with Gasteiger partial charge in [-0.15, -0.1) is 0 Å². The fourth-order valence-electron chi connectivity index (χ4n) is 4.69. The molecule has 0 saturated carbocycles. The van der Waals surface area contributed by atoms with Gasteiger partial charge < -0.3 is 23.9 Å². The minimum absolute atomic E-state index is 0.0276. The molecule has 10 heteroatoms. The van der Waals surface area contributed by atoms with Gasteiger partial charge in [-0.1, -0.05) is 18.2 Å². The third-order valence-electron chi connectivity index (χ3n) is 6.98. The van der Waals surface area contributed by atoms with Crippen LogP contribution in [0.5, 0.6) is 17.4 Å². The molecule has 210 valence electrons. The zero-order chi connectivity index (χ0) is 29.1. The van der Waals surface area contributed by atoms with Crippen LogP contribution in [0.15, 0.2) is 78.9 Å². The number of hydrogen-bond donors (Lipinski definition) is 1. The van der Waals surface area contributed by atoms with E-state index in [9.17, 15) is 14.3 Å². The van der Waals surface area contributed by atoms with Crippen molar-refractivity contribution in [1.29, 1.82) is 5.26 Å². The molecule has 3 heterocycles. The Hall–Kier alpha value is -5.27. The van der Waals surface area contributed by atoms with Gasteiger partial charge >= 0.3 is 5.97 Å². The van der Waals surface area contributed by atoms with Crippen LogP contribution in [0.2, 0.25) is 0 Å². The summed E-state index contributed by atoms with van der Waals surface area (Å²) in [6.45, 7) is 1.37. The quantitative estimate of drug-likeness (QED) is 0.223. The number of benzene rings is 3. The number of carboxylic acids is 1. The highest BCUT2D eigenvalue weighted by molar-refractivity contribution is 5.92. The highest BCUT2D eigenvalue weighted by Gasteiger charge is 2.22. The molecule has 0 radical (unpaired) electrons. The molecular weight excluding hydrogens is 539 g/mol. The van der Waals surface area contributed by atoms with E-state index in [1.165, 1.54) is 12.1 Å². The zero-order valence-electron chi connectivity index (χ0n) is 22.4. The van der Waals surface area contributed by atoms with Gasteiger partial charge in [-0.2, -0.15) is 5.26 Å². The van der Waals surface area contributed by atoms with Gasteiger partial charge in [-0.25, -0.2) is 19.2 Å². The minimum atomic E-state index is -0.977. The Balaban J connectivity index is 1.14. The summed E-state index contributed by atoms with van der Waals surface area (Å²) in [5, 5.41) is 18.4. The van der Waals surface area contributed by atoms with E-state index in [0.29, 0.717) is 30.3 Å². The third kappa shape index (κ3) is 5.92. The monoisotopic (exact) mass is 564 g/mol. The lowest BCUT2D eigenvalue weighted by atomic mass is 10.1. The van der Waals surface area contributed by atoms with Crippen molar-refractivity contribution < 1.29 is 28.5 Å². The standard InChI is InChI=1S/C32H25FN4O5/c33-26-14-21(17-34)6-11-29(26)41-19-23-2-1-3-31(35-23)42-24-8-4-20(5-9-24)15-30-36-27-10-7-22(32(38)39)16-28(27)37(30)18-25-12-13-40-25/h1-11,14,16,25H,12-13,15,18-19H2,(H,38,39)/t25-/m0/s1. The number of nitriles is 1. The van der Waals surface area contributed by atoms with Gasteiger partial charge in [0.2, 0.25) is 5.88 Å². The number of carboxylic acid groups (broad SMARTS) is 1. The lowest BCUT2D eigenvalue weighted by Gasteiger charge is -2.27. The van der Waals surface area contributed by atoms with E-state index in [0.717, 1.165) is 41.5 Å². The molecule has 2 aromatic heterocycles. The molecule has 0 bridgehead atoms. The molecule has 0 unspecified atom stereocenters. The summed E-state index contributed by atoms with van der Waals surface area (Å²) in [5.41, 5.74) is 3.51. The average Bonchev–Trinajstić information content (AvgIpc) is 3.31. The fourth-order valence-corrected chi connectivity index (χ4v) is 4.69. The first kappa shape index (κ1) is 26.9. The van der Waals surface area contributed by atoms with E-state index in [1.807, 2.05) is 30.3 Å². The van der Waals surface area contributed by atoms with Crippen molar-refractivity contribution in [3.8, 4) is 23.4 Å². The average molecular weight is 565 g/mol. The van der Waals surface area contributed by atoms with Crippen molar-refractivity contribution in [2.24, 2.45) is 0 Å². The summed E-state index contributed by atoms with van der Waals surface area (Å²) in [6.07, 6.45) is 1.58. The van der Waals surface area contributed by atoms with Crippen LogP contribution in [-0.4, -0.2) is 38.3 Å². The maximum absolute atomic E-state index is 14.1. The van der Waals surface area contributed by atoms with Crippen LogP contribution in [0, 0.1) is 17.1 Å². The van der Waals surface area contributed by atoms with Crippen LogP contribution in [0.3, 0.4) is 0 Å². The van der Waals surface area contributed by atoms with E-state index < -0.39 is 11.8 Å². The van der Waals surface area contributed by atoms with Crippen LogP contribution in [0.1, 0.15) is 39.4 Å². The zero-order valence-corrected chi connectivity index (χ0v) is 22.4. The van der Waals surface area contributed by atoms with Crippen LogP contribution in [0.4, 0.5) is 4.39 Å². The van der Waals surface area contributed by atoms with Crippen LogP contribution in [0.25, 0.3) is 11.0 Å². The van der Waals surface area contributed by atoms with E-state index in [4.69, 9.17) is 24.5 Å². The molecule has 6 rings (SSSR count). The Kier molecular flexibility index (Phi) is 7.49. The third-order valence-corrected chi connectivity index (χ3v) is 6.98. The molecule has 0 amide bonds. The number of carbonyl (C=O) groups is 1. The van der Waals surface area contributed by atoms with Gasteiger partial charge in [0.1, 0.15) is 18.2 Å². The normalized spacial score (nSPS) is 14.2. The second-order valence-corrected chi connectivity index (χ2v) is 9.86. The van der Waals surface area contributed by atoms with Crippen LogP contribution >= 0.6 is 0 Å². The summed E-state index contributed by atoms with van der Waals surface area (Å²) in [6, 6.07) is 23.7. The molecule has 1 N–H and O–H groups in total. The highest BCUT2D eigenvalue weighted by atomic mass is 19.1. The number of aromatic nitrogens is 3. The number of imidazole rings is 1. The fraction of sp³-hybridized carbons (Fsp3) is 0.188. The van der Waals surface area contributed by atoms with E-state index in [2.05, 4.69) is 9.55 Å². The lowest BCUT2D eigenvalue weighted by molar-refractivity contribution is -0.0589. The second kappa shape index (κ2) is 11.7. The topological polar surface area (TPSA) is 119 Å². The molecule has 1 saturated heterocycles. The first-order valence-electron chi connectivity index (χ1n) is 13.3. The van der Waals surface area contributed by atoms with Crippen LogP contribution < -0.4 is 9.47 Å². The number of pyridine rings is 1. The van der Waals surface area contributed by atoms with Crippen molar-refractivity contribution in [3.05, 3.63) is 113 Å². The Bertz CT molecular complexity index is 1810. The van der Waals surface area contributed by atoms with Gasteiger partial charge in [0, 0.05) is 19.1 Å². The Morgan fingerprint density at radius 1 is 1.10 bits per heavy atom. The smallest absolute Gasteiger partial charge is 0.335 e. The van der Waals surface area contributed by atoms with Crippen LogP contribution in [-0.2, 0) is 24.3 Å². The van der Waals surface area contributed by atoms with Gasteiger partial charge in [0.15, 0.2) is 11.6 Å². The summed E-state index contributed by atoms with van der Waals surface area (Å²) < 4.78 is 33.3. The molecule has 9 nitrogen and oxygen atoms in total. The molecular formula is C32H25FN4O5. The van der Waals surface area contributed by atoms with Crippen molar-refractivity contribution >= 4 is 17.0 Å². The van der Waals surface area contributed by atoms with Gasteiger partial charge in [0.25, 0.3) is 0 Å². The lowest BCUT2D eigenvalue weighted by Crippen LogP contribution is -2.31. The van der Waals surface area contributed by atoms with E-state index in [-0.39, 0.29) is 29.6 Å². The molecule has 1 fully saturated rings. The van der Waals surface area contributed by atoms with Gasteiger partial charge in [-0.3, -0.25) is 0 Å². The van der Waals surface area contributed by atoms with Crippen molar-refractivity contribution in [3.63, 3.8) is 0 Å². The highest BCUT2D eigenvalue weighted by Crippen LogP contribution is 2.26. The summed E-state index contributed by atoms with van der Waals surface area (Å²) in [4.78, 5) is 20.8. The van der Waals surface area contributed by atoms with E-state index in [1.54, 1.807) is 36.4 Å².